The van der Waals surface area contributed by atoms with Gasteiger partial charge >= 0.3 is 0 Å². The molecule has 0 amide bonds. The fourth-order valence-corrected chi connectivity index (χ4v) is 1.12. The van der Waals surface area contributed by atoms with Crippen molar-refractivity contribution in [1.82, 2.24) is 0 Å². The Morgan fingerprint density at radius 2 is 2.36 bits per heavy atom. The summed E-state index contributed by atoms with van der Waals surface area (Å²) >= 11 is 3.28. The molecule has 1 aliphatic carbocycles. The number of allylic oxidation sites excluding steroid dienone is 7. The Morgan fingerprint density at radius 3 is 2.91 bits per heavy atom. The molecule has 0 heterocycles. The van der Waals surface area contributed by atoms with E-state index in [-0.39, 0.29) is 0 Å². The Balaban J connectivity index is 2.44. The summed E-state index contributed by atoms with van der Waals surface area (Å²) in [6.45, 7) is 3.73. The minimum Gasteiger partial charge on any atom is -0.0848 e. The van der Waals surface area contributed by atoms with Gasteiger partial charge in [-0.25, -0.2) is 0 Å². The van der Waals surface area contributed by atoms with E-state index in [4.69, 9.17) is 0 Å². The molecule has 1 unspecified atom stereocenters. The van der Waals surface area contributed by atoms with Crippen molar-refractivity contribution in [2.24, 2.45) is 5.92 Å². The van der Waals surface area contributed by atoms with Crippen molar-refractivity contribution in [1.29, 1.82) is 0 Å². The number of hydrogen-bond donors (Lipinski definition) is 0. The molecule has 1 rings (SSSR count). The van der Waals surface area contributed by atoms with Crippen molar-refractivity contribution in [2.75, 3.05) is 0 Å². The van der Waals surface area contributed by atoms with Crippen molar-refractivity contribution >= 4 is 15.9 Å². The van der Waals surface area contributed by atoms with Gasteiger partial charge in [-0.15, -0.1) is 0 Å². The molecule has 0 aromatic heterocycles. The van der Waals surface area contributed by atoms with E-state index >= 15 is 0 Å². The van der Waals surface area contributed by atoms with Gasteiger partial charge in [0, 0.05) is 4.48 Å². The highest BCUT2D eigenvalue weighted by Crippen LogP contribution is 2.14. The van der Waals surface area contributed by atoms with E-state index in [0.717, 1.165) is 10.9 Å². The first-order valence-electron chi connectivity index (χ1n) is 3.65. The first-order chi connectivity index (χ1) is 5.29. The minimum absolute atomic E-state index is 0.550. The maximum atomic E-state index is 3.73. The van der Waals surface area contributed by atoms with Crippen LogP contribution in [-0.2, 0) is 0 Å². The van der Waals surface area contributed by atoms with Crippen LogP contribution in [0.2, 0.25) is 0 Å². The summed E-state index contributed by atoms with van der Waals surface area (Å²) in [5.41, 5.74) is 0. The summed E-state index contributed by atoms with van der Waals surface area (Å²) in [6.07, 6.45) is 13.8. The second-order valence-corrected chi connectivity index (χ2v) is 3.54. The Hall–Kier alpha value is -0.560. The second kappa shape index (κ2) is 4.35. The van der Waals surface area contributed by atoms with Gasteiger partial charge in [-0.1, -0.05) is 59.0 Å². The molecule has 11 heavy (non-hydrogen) atoms. The van der Waals surface area contributed by atoms with Gasteiger partial charge in [-0.3, -0.25) is 0 Å². The molecule has 0 saturated carbocycles. The summed E-state index contributed by atoms with van der Waals surface area (Å²) in [5, 5.41) is 0. The lowest BCUT2D eigenvalue weighted by Crippen LogP contribution is -1.91. The van der Waals surface area contributed by atoms with E-state index in [0.29, 0.717) is 5.92 Å². The van der Waals surface area contributed by atoms with Crippen molar-refractivity contribution in [3.8, 4) is 0 Å². The van der Waals surface area contributed by atoms with Crippen LogP contribution in [0.4, 0.5) is 0 Å². The first kappa shape index (κ1) is 8.54. The van der Waals surface area contributed by atoms with E-state index in [9.17, 15) is 0 Å². The maximum absolute atomic E-state index is 3.73. The van der Waals surface area contributed by atoms with Gasteiger partial charge in [-0.05, 0) is 12.3 Å². The summed E-state index contributed by atoms with van der Waals surface area (Å²) < 4.78 is 0.931. The van der Waals surface area contributed by atoms with Crippen molar-refractivity contribution < 1.29 is 0 Å². The molecule has 0 saturated heterocycles. The number of rotatable bonds is 2. The lowest BCUT2D eigenvalue weighted by Gasteiger charge is -2.05. The fourth-order valence-electron chi connectivity index (χ4n) is 0.970. The summed E-state index contributed by atoms with van der Waals surface area (Å²) in [7, 11) is 0. The molecule has 0 nitrogen and oxygen atoms in total. The third kappa shape index (κ3) is 3.38. The van der Waals surface area contributed by atoms with Crippen molar-refractivity contribution in [3.05, 3.63) is 47.5 Å². The molecule has 0 aromatic carbocycles. The zero-order valence-electron chi connectivity index (χ0n) is 6.33. The van der Waals surface area contributed by atoms with E-state index in [2.05, 4.69) is 52.9 Å². The third-order valence-electron chi connectivity index (χ3n) is 1.54. The monoisotopic (exact) mass is 210 g/mol. The van der Waals surface area contributed by atoms with E-state index in [1.54, 1.807) is 0 Å². The Morgan fingerprint density at radius 1 is 1.55 bits per heavy atom. The van der Waals surface area contributed by atoms with Crippen LogP contribution in [0.3, 0.4) is 0 Å². The average molecular weight is 211 g/mol. The minimum atomic E-state index is 0.550. The van der Waals surface area contributed by atoms with Gasteiger partial charge in [0.1, 0.15) is 0 Å². The molecule has 0 radical (unpaired) electrons. The Kier molecular flexibility index (Phi) is 3.37. The van der Waals surface area contributed by atoms with Crippen LogP contribution in [0.5, 0.6) is 0 Å². The second-order valence-electron chi connectivity index (χ2n) is 2.52. The highest BCUT2D eigenvalue weighted by atomic mass is 79.9. The van der Waals surface area contributed by atoms with Crippen LogP contribution < -0.4 is 0 Å². The molecule has 58 valence electrons. The van der Waals surface area contributed by atoms with E-state index in [1.165, 1.54) is 0 Å². The highest BCUT2D eigenvalue weighted by Gasteiger charge is 1.98. The van der Waals surface area contributed by atoms with Crippen LogP contribution in [0, 0.1) is 5.92 Å². The Bertz CT molecular complexity index is 221. The van der Waals surface area contributed by atoms with Crippen LogP contribution in [0.25, 0.3) is 0 Å². The molecule has 0 aromatic rings. The lowest BCUT2D eigenvalue weighted by atomic mass is 10.0. The normalized spacial score (nSPS) is 22.8. The molecule has 1 heteroatoms. The quantitative estimate of drug-likeness (QED) is 0.612. The lowest BCUT2D eigenvalue weighted by molar-refractivity contribution is 0.822. The fraction of sp³-hybridized carbons (Fsp3) is 0.200. The van der Waals surface area contributed by atoms with Crippen LogP contribution in [0.15, 0.2) is 47.5 Å². The molecule has 0 aliphatic heterocycles. The molecular weight excluding hydrogens is 200 g/mol. The summed E-state index contributed by atoms with van der Waals surface area (Å²) in [6, 6.07) is 0. The number of hydrogen-bond acceptors (Lipinski definition) is 0. The molecular formula is C10H11Br. The average Bonchev–Trinajstić information content (AvgIpc) is 2.03. The van der Waals surface area contributed by atoms with Gasteiger partial charge in [0.05, 0.1) is 0 Å². The van der Waals surface area contributed by atoms with Crippen LogP contribution in [-0.4, -0.2) is 0 Å². The highest BCUT2D eigenvalue weighted by molar-refractivity contribution is 9.11. The van der Waals surface area contributed by atoms with Gasteiger partial charge in [0.25, 0.3) is 0 Å². The summed E-state index contributed by atoms with van der Waals surface area (Å²) in [4.78, 5) is 0. The number of halogens is 1. The summed E-state index contributed by atoms with van der Waals surface area (Å²) in [5.74, 6) is 0.550. The largest absolute Gasteiger partial charge is 0.0848 e. The molecule has 1 aliphatic rings. The van der Waals surface area contributed by atoms with Crippen LogP contribution in [0.1, 0.15) is 6.42 Å². The predicted molar refractivity (Wildman–Crippen MR) is 53.6 cm³/mol. The maximum Gasteiger partial charge on any atom is 0.00999 e. The van der Waals surface area contributed by atoms with E-state index in [1.807, 2.05) is 6.08 Å². The molecule has 1 atom stereocenters. The third-order valence-corrected chi connectivity index (χ3v) is 1.80. The zero-order valence-corrected chi connectivity index (χ0v) is 7.92. The smallest absolute Gasteiger partial charge is 0.00999 e. The zero-order chi connectivity index (χ0) is 8.10. The van der Waals surface area contributed by atoms with Crippen molar-refractivity contribution in [3.63, 3.8) is 0 Å². The van der Waals surface area contributed by atoms with Crippen molar-refractivity contribution in [2.45, 2.75) is 6.42 Å². The van der Waals surface area contributed by atoms with Gasteiger partial charge in [-0.2, -0.15) is 0 Å². The Labute approximate surface area is 76.1 Å². The van der Waals surface area contributed by atoms with Gasteiger partial charge < -0.3 is 0 Å². The van der Waals surface area contributed by atoms with Gasteiger partial charge in [0.15, 0.2) is 0 Å². The molecule has 0 bridgehead atoms. The van der Waals surface area contributed by atoms with Gasteiger partial charge in [0.2, 0.25) is 0 Å². The molecule has 0 spiro atoms. The molecule has 0 fully saturated rings. The predicted octanol–water partition coefficient (Wildman–Crippen LogP) is 3.58. The van der Waals surface area contributed by atoms with Crippen LogP contribution >= 0.6 is 15.9 Å². The SMILES string of the molecule is C=C(Br)C=CC1C=CC=CC1. The van der Waals surface area contributed by atoms with E-state index < -0.39 is 0 Å². The first-order valence-corrected chi connectivity index (χ1v) is 4.44. The standard InChI is InChI=1S/C10H11Br/c1-9(11)7-8-10-5-3-2-4-6-10/h2-5,7-8,10H,1,6H2. The topological polar surface area (TPSA) is 0 Å². The molecule has 0 N–H and O–H groups in total.